The molecule has 0 spiro atoms. The Morgan fingerprint density at radius 1 is 1.40 bits per heavy atom. The maximum absolute atomic E-state index is 12.5. The van der Waals surface area contributed by atoms with Crippen molar-refractivity contribution in [2.75, 3.05) is 13.2 Å². The van der Waals surface area contributed by atoms with Gasteiger partial charge in [-0.3, -0.25) is 4.79 Å². The summed E-state index contributed by atoms with van der Waals surface area (Å²) < 4.78 is 7.42. The Labute approximate surface area is 148 Å². The van der Waals surface area contributed by atoms with Gasteiger partial charge in [-0.25, -0.2) is 4.68 Å². The van der Waals surface area contributed by atoms with Crippen LogP contribution >= 0.6 is 0 Å². The van der Waals surface area contributed by atoms with E-state index in [2.05, 4.69) is 24.5 Å². The maximum Gasteiger partial charge on any atom is 0.240 e. The van der Waals surface area contributed by atoms with Crippen molar-refractivity contribution < 1.29 is 9.53 Å². The molecule has 1 aromatic carbocycles. The lowest BCUT2D eigenvalue weighted by Crippen LogP contribution is -2.55. The zero-order chi connectivity index (χ0) is 17.8. The third-order valence-corrected chi connectivity index (χ3v) is 4.44. The number of amides is 1. The van der Waals surface area contributed by atoms with Crippen LogP contribution < -0.4 is 10.6 Å². The number of hydrogen-bond donors (Lipinski definition) is 2. The third-order valence-electron chi connectivity index (χ3n) is 4.44. The third kappa shape index (κ3) is 4.08. The number of para-hydroxylation sites is 1. The molecular formula is C19H26N4O2. The second kappa shape index (κ2) is 7.80. The van der Waals surface area contributed by atoms with E-state index in [0.717, 1.165) is 16.9 Å². The summed E-state index contributed by atoms with van der Waals surface area (Å²) in [5, 5.41) is 11.0. The molecule has 6 heteroatoms. The highest BCUT2D eigenvalue weighted by Crippen LogP contribution is 2.20. The first-order valence-corrected chi connectivity index (χ1v) is 8.83. The lowest BCUT2D eigenvalue weighted by molar-refractivity contribution is -0.129. The topological polar surface area (TPSA) is 68.2 Å². The van der Waals surface area contributed by atoms with Crippen LogP contribution in [0.4, 0.5) is 0 Å². The van der Waals surface area contributed by atoms with Crippen molar-refractivity contribution in [1.29, 1.82) is 0 Å². The number of nitrogens with zero attached hydrogens (tertiary/aromatic N) is 2. The predicted molar refractivity (Wildman–Crippen MR) is 96.7 cm³/mol. The second-order valence-electron chi connectivity index (χ2n) is 6.70. The van der Waals surface area contributed by atoms with Crippen molar-refractivity contribution in [2.45, 2.75) is 45.4 Å². The average Bonchev–Trinajstić information content (AvgIpc) is 3.05. The Morgan fingerprint density at radius 2 is 2.16 bits per heavy atom. The normalized spacial score (nSPS) is 20.6. The molecular weight excluding hydrogens is 316 g/mol. The molecule has 6 nitrogen and oxygen atoms in total. The minimum absolute atomic E-state index is 0.0330. The number of benzene rings is 1. The lowest BCUT2D eigenvalue weighted by atomic mass is 10.1. The van der Waals surface area contributed by atoms with Crippen LogP contribution in [0.5, 0.6) is 0 Å². The summed E-state index contributed by atoms with van der Waals surface area (Å²) in [6.45, 7) is 7.95. The molecule has 0 bridgehead atoms. The maximum atomic E-state index is 12.5. The summed E-state index contributed by atoms with van der Waals surface area (Å²) in [7, 11) is 0. The number of carbonyl (C=O) groups excluding carboxylic acids is 1. The molecule has 1 amide bonds. The van der Waals surface area contributed by atoms with E-state index in [1.165, 1.54) is 0 Å². The molecule has 25 heavy (non-hydrogen) atoms. The fourth-order valence-corrected chi connectivity index (χ4v) is 3.08. The van der Waals surface area contributed by atoms with Gasteiger partial charge in [-0.15, -0.1) is 0 Å². The van der Waals surface area contributed by atoms with Crippen LogP contribution in [0.2, 0.25) is 0 Å². The summed E-state index contributed by atoms with van der Waals surface area (Å²) in [5.74, 6) is 0.251. The van der Waals surface area contributed by atoms with Crippen molar-refractivity contribution in [3.8, 4) is 5.69 Å². The standard InChI is InChI=1S/C19H26N4O2/c1-13(2)17-15(12-23(22-17)16-7-5-4-6-8-16)11-21-19(24)18-14(3)25-10-9-20-18/h4-8,12-14,18,20H,9-11H2,1-3H3,(H,21,24)/t14-,18+/m1/s1. The Morgan fingerprint density at radius 3 is 2.84 bits per heavy atom. The molecule has 0 radical (unpaired) electrons. The first kappa shape index (κ1) is 17.6. The predicted octanol–water partition coefficient (Wildman–Crippen LogP) is 1.99. The zero-order valence-corrected chi connectivity index (χ0v) is 15.0. The van der Waals surface area contributed by atoms with Crippen LogP contribution in [-0.2, 0) is 16.1 Å². The van der Waals surface area contributed by atoms with Crippen LogP contribution in [0.15, 0.2) is 36.5 Å². The van der Waals surface area contributed by atoms with E-state index < -0.39 is 0 Å². The number of nitrogens with one attached hydrogen (secondary N) is 2. The van der Waals surface area contributed by atoms with E-state index in [1.807, 2.05) is 48.1 Å². The quantitative estimate of drug-likeness (QED) is 0.872. The largest absolute Gasteiger partial charge is 0.375 e. The van der Waals surface area contributed by atoms with Crippen molar-refractivity contribution in [3.05, 3.63) is 47.8 Å². The van der Waals surface area contributed by atoms with Gasteiger partial charge in [-0.05, 0) is 25.0 Å². The van der Waals surface area contributed by atoms with Crippen LogP contribution in [0.1, 0.15) is 37.9 Å². The van der Waals surface area contributed by atoms with Gasteiger partial charge in [0, 0.05) is 24.8 Å². The molecule has 2 heterocycles. The van der Waals surface area contributed by atoms with Crippen molar-refractivity contribution >= 4 is 5.91 Å². The Kier molecular flexibility index (Phi) is 5.50. The smallest absolute Gasteiger partial charge is 0.240 e. The summed E-state index contributed by atoms with van der Waals surface area (Å²) in [6.07, 6.45) is 1.88. The zero-order valence-electron chi connectivity index (χ0n) is 15.0. The summed E-state index contributed by atoms with van der Waals surface area (Å²) in [5.41, 5.74) is 3.06. The molecule has 0 saturated carbocycles. The second-order valence-corrected chi connectivity index (χ2v) is 6.70. The molecule has 2 N–H and O–H groups in total. The molecule has 1 fully saturated rings. The number of hydrogen-bond acceptors (Lipinski definition) is 4. The fourth-order valence-electron chi connectivity index (χ4n) is 3.08. The highest BCUT2D eigenvalue weighted by molar-refractivity contribution is 5.82. The molecule has 3 rings (SSSR count). The van der Waals surface area contributed by atoms with Crippen LogP contribution in [0.3, 0.4) is 0 Å². The molecule has 2 atom stereocenters. The van der Waals surface area contributed by atoms with Gasteiger partial charge in [0.2, 0.25) is 5.91 Å². The van der Waals surface area contributed by atoms with E-state index >= 15 is 0 Å². The molecule has 1 aromatic heterocycles. The van der Waals surface area contributed by atoms with Gasteiger partial charge in [0.15, 0.2) is 0 Å². The minimum Gasteiger partial charge on any atom is -0.375 e. The molecule has 0 unspecified atom stereocenters. The fraction of sp³-hybridized carbons (Fsp3) is 0.474. The van der Waals surface area contributed by atoms with Gasteiger partial charge in [0.05, 0.1) is 24.1 Å². The number of morpholine rings is 1. The van der Waals surface area contributed by atoms with Gasteiger partial charge in [0.25, 0.3) is 0 Å². The first-order chi connectivity index (χ1) is 12.1. The van der Waals surface area contributed by atoms with Crippen LogP contribution in [-0.4, -0.2) is 41.0 Å². The van der Waals surface area contributed by atoms with Crippen molar-refractivity contribution in [3.63, 3.8) is 0 Å². The molecule has 2 aromatic rings. The van der Waals surface area contributed by atoms with Gasteiger partial charge < -0.3 is 15.4 Å². The van der Waals surface area contributed by atoms with E-state index in [-0.39, 0.29) is 24.0 Å². The van der Waals surface area contributed by atoms with Gasteiger partial charge in [-0.1, -0.05) is 32.0 Å². The van der Waals surface area contributed by atoms with Crippen molar-refractivity contribution in [2.24, 2.45) is 0 Å². The van der Waals surface area contributed by atoms with Crippen molar-refractivity contribution in [1.82, 2.24) is 20.4 Å². The first-order valence-electron chi connectivity index (χ1n) is 8.83. The summed E-state index contributed by atoms with van der Waals surface area (Å²) in [4.78, 5) is 12.5. The number of carbonyl (C=O) groups is 1. The van der Waals surface area contributed by atoms with E-state index in [9.17, 15) is 4.79 Å². The van der Waals surface area contributed by atoms with E-state index in [4.69, 9.17) is 9.84 Å². The average molecular weight is 342 g/mol. The molecule has 1 saturated heterocycles. The van der Waals surface area contributed by atoms with Gasteiger partial charge in [0.1, 0.15) is 6.04 Å². The summed E-state index contributed by atoms with van der Waals surface area (Å²) >= 11 is 0. The van der Waals surface area contributed by atoms with E-state index in [0.29, 0.717) is 19.7 Å². The van der Waals surface area contributed by atoms with Crippen LogP contribution in [0.25, 0.3) is 5.69 Å². The molecule has 134 valence electrons. The van der Waals surface area contributed by atoms with Gasteiger partial charge >= 0.3 is 0 Å². The Bertz CT molecular complexity index is 711. The number of rotatable bonds is 5. The molecule has 1 aliphatic rings. The highest BCUT2D eigenvalue weighted by Gasteiger charge is 2.28. The monoisotopic (exact) mass is 342 g/mol. The molecule has 0 aliphatic carbocycles. The lowest BCUT2D eigenvalue weighted by Gasteiger charge is -2.29. The molecule has 1 aliphatic heterocycles. The SMILES string of the molecule is CC(C)c1nn(-c2ccccc2)cc1CNC(=O)[C@H]1NCCO[C@@H]1C. The number of aromatic nitrogens is 2. The van der Waals surface area contributed by atoms with Crippen LogP contribution in [0, 0.1) is 0 Å². The van der Waals surface area contributed by atoms with E-state index in [1.54, 1.807) is 0 Å². The highest BCUT2D eigenvalue weighted by atomic mass is 16.5. The Balaban J connectivity index is 1.73. The Hall–Kier alpha value is -2.18. The minimum atomic E-state index is -0.305. The van der Waals surface area contributed by atoms with Gasteiger partial charge in [-0.2, -0.15) is 5.10 Å². The number of ether oxygens (including phenoxy) is 1. The summed E-state index contributed by atoms with van der Waals surface area (Å²) in [6, 6.07) is 9.69.